The van der Waals surface area contributed by atoms with E-state index in [-0.39, 0.29) is 28.0 Å². The third-order valence-electron chi connectivity index (χ3n) is 4.98. The van der Waals surface area contributed by atoms with Crippen LogP contribution < -0.4 is 14.8 Å². The molecule has 0 saturated heterocycles. The van der Waals surface area contributed by atoms with Gasteiger partial charge in [0.2, 0.25) is 15.7 Å². The number of benzene rings is 2. The minimum absolute atomic E-state index is 0.0864. The topological polar surface area (TPSA) is 81.7 Å². The largest absolute Gasteiger partial charge is 0.493 e. The smallest absolute Gasteiger partial charge is 0.225 e. The van der Waals surface area contributed by atoms with Gasteiger partial charge < -0.3 is 14.8 Å². The summed E-state index contributed by atoms with van der Waals surface area (Å²) >= 11 is 7.20. The van der Waals surface area contributed by atoms with E-state index >= 15 is 0 Å². The lowest BCUT2D eigenvalue weighted by Crippen LogP contribution is -2.23. The highest BCUT2D eigenvalue weighted by atomic mass is 35.5. The number of nitrogens with one attached hydrogen (secondary N) is 1. The molecule has 156 valence electrons. The van der Waals surface area contributed by atoms with Crippen molar-refractivity contribution in [2.75, 3.05) is 19.5 Å². The highest BCUT2D eigenvalue weighted by molar-refractivity contribution is 7.91. The average Bonchev–Trinajstić information content (AvgIpc) is 3.17. The quantitative estimate of drug-likeness (QED) is 0.591. The molecule has 1 aromatic heterocycles. The molecule has 1 aliphatic rings. The lowest BCUT2D eigenvalue weighted by molar-refractivity contribution is -0.116. The first-order chi connectivity index (χ1) is 14.3. The molecule has 0 bridgehead atoms. The van der Waals surface area contributed by atoms with Crippen LogP contribution in [0.15, 0.2) is 57.6 Å². The third kappa shape index (κ3) is 3.55. The Morgan fingerprint density at radius 3 is 2.43 bits per heavy atom. The van der Waals surface area contributed by atoms with Gasteiger partial charge in [0.25, 0.3) is 0 Å². The fraction of sp³-hybridized carbons (Fsp3) is 0.190. The summed E-state index contributed by atoms with van der Waals surface area (Å²) < 4.78 is 37.0. The zero-order valence-corrected chi connectivity index (χ0v) is 18.5. The Morgan fingerprint density at radius 2 is 1.77 bits per heavy atom. The number of hydrogen-bond donors (Lipinski definition) is 1. The molecule has 1 aliphatic heterocycles. The third-order valence-corrected chi connectivity index (χ3v) is 8.27. The van der Waals surface area contributed by atoms with E-state index in [9.17, 15) is 13.2 Å². The van der Waals surface area contributed by atoms with Crippen LogP contribution in [-0.4, -0.2) is 28.5 Å². The molecule has 0 unspecified atom stereocenters. The Balaban J connectivity index is 1.80. The van der Waals surface area contributed by atoms with Gasteiger partial charge in [-0.3, -0.25) is 4.79 Å². The van der Waals surface area contributed by atoms with Crippen molar-refractivity contribution in [3.8, 4) is 11.5 Å². The van der Waals surface area contributed by atoms with Crippen LogP contribution in [0.4, 0.5) is 5.69 Å². The van der Waals surface area contributed by atoms with E-state index in [0.717, 1.165) is 10.4 Å². The number of carbonyl (C=O) groups is 1. The van der Waals surface area contributed by atoms with Crippen LogP contribution in [0.2, 0.25) is 5.02 Å². The van der Waals surface area contributed by atoms with E-state index in [4.69, 9.17) is 21.1 Å². The summed E-state index contributed by atoms with van der Waals surface area (Å²) in [5.74, 6) is 0.605. The van der Waals surface area contributed by atoms with Gasteiger partial charge in [0.05, 0.1) is 24.8 Å². The second-order valence-corrected chi connectivity index (χ2v) is 9.98. The molecule has 0 fully saturated rings. The van der Waals surface area contributed by atoms with Crippen LogP contribution in [0, 0.1) is 0 Å². The van der Waals surface area contributed by atoms with Gasteiger partial charge in [-0.2, -0.15) is 0 Å². The van der Waals surface area contributed by atoms with Crippen molar-refractivity contribution in [1.82, 2.24) is 0 Å². The first-order valence-corrected chi connectivity index (χ1v) is 11.7. The van der Waals surface area contributed by atoms with Gasteiger partial charge in [0.1, 0.15) is 4.90 Å². The Bertz CT molecular complexity index is 1220. The van der Waals surface area contributed by atoms with E-state index in [1.54, 1.807) is 25.7 Å². The van der Waals surface area contributed by atoms with Crippen molar-refractivity contribution < 1.29 is 22.7 Å². The Kier molecular flexibility index (Phi) is 5.48. The van der Waals surface area contributed by atoms with E-state index in [2.05, 4.69) is 5.32 Å². The van der Waals surface area contributed by atoms with Crippen LogP contribution in [0.25, 0.3) is 0 Å². The van der Waals surface area contributed by atoms with Crippen molar-refractivity contribution in [2.45, 2.75) is 22.1 Å². The maximum absolute atomic E-state index is 13.2. The second kappa shape index (κ2) is 7.94. The summed E-state index contributed by atoms with van der Waals surface area (Å²) in [4.78, 5) is 13.5. The zero-order chi connectivity index (χ0) is 21.5. The van der Waals surface area contributed by atoms with Gasteiger partial charge in [-0.1, -0.05) is 17.7 Å². The predicted octanol–water partition coefficient (Wildman–Crippen LogP) is 4.73. The van der Waals surface area contributed by atoms with Crippen molar-refractivity contribution in [1.29, 1.82) is 0 Å². The van der Waals surface area contributed by atoms with E-state index in [1.807, 2.05) is 12.1 Å². The molecule has 0 radical (unpaired) electrons. The predicted molar refractivity (Wildman–Crippen MR) is 116 cm³/mol. The van der Waals surface area contributed by atoms with Crippen LogP contribution in [-0.2, 0) is 14.6 Å². The van der Waals surface area contributed by atoms with Crippen molar-refractivity contribution >= 4 is 44.4 Å². The zero-order valence-electron chi connectivity index (χ0n) is 16.1. The number of thiophene rings is 1. The maximum atomic E-state index is 13.2. The van der Waals surface area contributed by atoms with Crippen LogP contribution in [0.1, 0.15) is 22.8 Å². The highest BCUT2D eigenvalue weighted by Crippen LogP contribution is 2.47. The molecule has 6 nitrogen and oxygen atoms in total. The van der Waals surface area contributed by atoms with Gasteiger partial charge >= 0.3 is 0 Å². The number of rotatable bonds is 5. The summed E-state index contributed by atoms with van der Waals surface area (Å²) in [6, 6.07) is 11.4. The number of hydrogen-bond acceptors (Lipinski definition) is 6. The number of carbonyl (C=O) groups excluding carboxylic acids is 1. The summed E-state index contributed by atoms with van der Waals surface area (Å²) in [6.45, 7) is 0. The lowest BCUT2D eigenvalue weighted by atomic mass is 9.90. The lowest BCUT2D eigenvalue weighted by Gasteiger charge is -2.24. The molecule has 1 amide bonds. The molecule has 1 N–H and O–H groups in total. The Hall–Kier alpha value is -2.55. The van der Waals surface area contributed by atoms with Crippen LogP contribution >= 0.6 is 22.9 Å². The van der Waals surface area contributed by atoms with Gasteiger partial charge in [0.15, 0.2) is 11.5 Å². The molecule has 2 heterocycles. The number of fused-ring (bicyclic) bond motifs is 1. The van der Waals surface area contributed by atoms with Crippen LogP contribution in [0.3, 0.4) is 0 Å². The summed E-state index contributed by atoms with van der Waals surface area (Å²) in [5.41, 5.74) is 1.19. The van der Waals surface area contributed by atoms with Gasteiger partial charge in [0, 0.05) is 27.6 Å². The molecule has 9 heteroatoms. The minimum Gasteiger partial charge on any atom is -0.493 e. The van der Waals surface area contributed by atoms with E-state index < -0.39 is 9.84 Å². The van der Waals surface area contributed by atoms with Crippen molar-refractivity contribution in [2.24, 2.45) is 0 Å². The van der Waals surface area contributed by atoms with Gasteiger partial charge in [-0.15, -0.1) is 11.3 Å². The van der Waals surface area contributed by atoms with Gasteiger partial charge in [-0.25, -0.2) is 8.42 Å². The average molecular weight is 464 g/mol. The number of ether oxygens (including phenoxy) is 2. The summed E-state index contributed by atoms with van der Waals surface area (Å²) in [5, 5.41) is 4.78. The fourth-order valence-corrected chi connectivity index (χ4v) is 6.52. The number of methoxy groups -OCH3 is 2. The van der Waals surface area contributed by atoms with Crippen molar-refractivity contribution in [3.63, 3.8) is 0 Å². The Labute approximate surface area is 183 Å². The molecule has 0 saturated carbocycles. The SMILES string of the molecule is COc1ccc([C@H]2CC(=O)Nc3c(S(=O)(=O)c4ccc(Cl)cc4)csc32)cc1OC. The highest BCUT2D eigenvalue weighted by Gasteiger charge is 2.34. The Morgan fingerprint density at radius 1 is 1.07 bits per heavy atom. The molecular formula is C21H18ClNO5S2. The number of amides is 1. The minimum atomic E-state index is -3.81. The summed E-state index contributed by atoms with van der Waals surface area (Å²) in [6.07, 6.45) is 0.212. The molecule has 1 atom stereocenters. The van der Waals surface area contributed by atoms with E-state index in [1.165, 1.54) is 35.6 Å². The molecular weight excluding hydrogens is 446 g/mol. The standard InChI is InChI=1S/C21H18ClNO5S2/c1-27-16-8-3-12(9-17(16)28-2)15-10-19(24)23-20-18(11-29-21(15)20)30(25,26)14-6-4-13(22)5-7-14/h3-9,11,15H,10H2,1-2H3,(H,23,24)/t15-/m1/s1. The van der Waals surface area contributed by atoms with Gasteiger partial charge in [-0.05, 0) is 42.0 Å². The maximum Gasteiger partial charge on any atom is 0.225 e. The second-order valence-electron chi connectivity index (χ2n) is 6.72. The number of halogens is 1. The molecule has 2 aromatic carbocycles. The monoisotopic (exact) mass is 463 g/mol. The number of anilines is 1. The summed E-state index contributed by atoms with van der Waals surface area (Å²) in [7, 11) is -0.717. The molecule has 30 heavy (non-hydrogen) atoms. The number of sulfone groups is 1. The van der Waals surface area contributed by atoms with Crippen molar-refractivity contribution in [3.05, 3.63) is 63.3 Å². The first-order valence-electron chi connectivity index (χ1n) is 8.99. The normalized spacial score (nSPS) is 16.0. The molecule has 0 aliphatic carbocycles. The van der Waals surface area contributed by atoms with Crippen LogP contribution in [0.5, 0.6) is 11.5 Å². The fourth-order valence-electron chi connectivity index (χ4n) is 3.48. The first kappa shape index (κ1) is 20.7. The molecule has 0 spiro atoms. The molecule has 4 rings (SSSR count). The molecule has 3 aromatic rings. The van der Waals surface area contributed by atoms with E-state index in [0.29, 0.717) is 22.2 Å².